The maximum absolute atomic E-state index is 13.9. The molecule has 0 aromatic heterocycles. The topological polar surface area (TPSA) is 74.2 Å². The first kappa shape index (κ1) is 23.3. The molecule has 0 radical (unpaired) electrons. The highest BCUT2D eigenvalue weighted by atomic mass is 32.2. The lowest BCUT2D eigenvalue weighted by Crippen LogP contribution is -2.45. The number of nitrogens with zero attached hydrogens (tertiary/aromatic N) is 3. The number of halogens is 1. The van der Waals surface area contributed by atoms with E-state index in [-0.39, 0.29) is 11.7 Å². The molecule has 168 valence electrons. The third-order valence-corrected chi connectivity index (χ3v) is 6.03. The second-order valence-electron chi connectivity index (χ2n) is 7.17. The molecule has 3 aliphatic heterocycles. The van der Waals surface area contributed by atoms with Crippen molar-refractivity contribution in [1.82, 2.24) is 15.3 Å². The van der Waals surface area contributed by atoms with Gasteiger partial charge in [-0.3, -0.25) is 9.80 Å². The molecule has 0 saturated carbocycles. The van der Waals surface area contributed by atoms with Crippen molar-refractivity contribution in [3.8, 4) is 5.75 Å². The number of thioether (sulfide) groups is 1. The number of nitrogens with one attached hydrogen (secondary N) is 1. The lowest BCUT2D eigenvalue weighted by atomic mass is 10.1. The lowest BCUT2D eigenvalue weighted by Gasteiger charge is -2.28. The van der Waals surface area contributed by atoms with Crippen LogP contribution in [0, 0.1) is 5.82 Å². The molecule has 4 rings (SSSR count). The van der Waals surface area contributed by atoms with Gasteiger partial charge in [-0.2, -0.15) is 4.99 Å². The number of carbonyl (C=O) groups is 2. The number of aliphatic imine (C=N–C) groups is 1. The number of amidine groups is 1. The summed E-state index contributed by atoms with van der Waals surface area (Å²) in [6.07, 6.45) is 6.20. The molecule has 0 bridgehead atoms. The molecule has 31 heavy (non-hydrogen) atoms. The van der Waals surface area contributed by atoms with E-state index in [9.17, 15) is 14.0 Å². The van der Waals surface area contributed by atoms with E-state index in [4.69, 9.17) is 4.74 Å². The third kappa shape index (κ3) is 6.07. The van der Waals surface area contributed by atoms with Crippen LogP contribution in [-0.2, 0) is 4.79 Å². The van der Waals surface area contributed by atoms with Crippen molar-refractivity contribution in [2.45, 2.75) is 46.0 Å². The highest BCUT2D eigenvalue weighted by molar-refractivity contribution is 8.18. The highest BCUT2D eigenvalue weighted by Gasteiger charge is 2.28. The van der Waals surface area contributed by atoms with Gasteiger partial charge in [0.25, 0.3) is 5.91 Å². The zero-order chi connectivity index (χ0) is 22.2. The average molecular weight is 449 g/mol. The third-order valence-electron chi connectivity index (χ3n) is 5.02. The number of hydrazine groups is 1. The summed E-state index contributed by atoms with van der Waals surface area (Å²) in [6, 6.07) is 3.92. The van der Waals surface area contributed by atoms with Gasteiger partial charge >= 0.3 is 6.09 Å². The van der Waals surface area contributed by atoms with Gasteiger partial charge in [-0.15, -0.1) is 0 Å². The van der Waals surface area contributed by atoms with Gasteiger partial charge in [0.2, 0.25) is 0 Å². The molecule has 0 aliphatic carbocycles. The monoisotopic (exact) mass is 448 g/mol. The first-order valence-electron chi connectivity index (χ1n) is 10.9. The Labute approximate surface area is 186 Å². The Bertz CT molecular complexity index is 862. The quantitative estimate of drug-likeness (QED) is 0.676. The molecular formula is C22H29FN4O3S. The van der Waals surface area contributed by atoms with Gasteiger partial charge in [0.05, 0.1) is 4.91 Å². The average Bonchev–Trinajstić information content (AvgIpc) is 3.18. The molecule has 2 saturated heterocycles. The van der Waals surface area contributed by atoms with Gasteiger partial charge in [0.15, 0.2) is 5.17 Å². The number of rotatable bonds is 2. The van der Waals surface area contributed by atoms with Gasteiger partial charge in [0, 0.05) is 31.7 Å². The maximum atomic E-state index is 13.9. The van der Waals surface area contributed by atoms with E-state index >= 15 is 0 Å². The SMILES string of the molecule is CC.O=C1N=C(N2CCCCN2)S/C1=C/c1cc(F)ccc1OC(=O)N1CCCCC1. The van der Waals surface area contributed by atoms with Gasteiger partial charge < -0.3 is 9.64 Å². The molecule has 7 nitrogen and oxygen atoms in total. The summed E-state index contributed by atoms with van der Waals surface area (Å²) in [7, 11) is 0. The number of piperidine rings is 1. The van der Waals surface area contributed by atoms with Crippen molar-refractivity contribution in [3.63, 3.8) is 0 Å². The van der Waals surface area contributed by atoms with Crippen molar-refractivity contribution in [2.75, 3.05) is 26.2 Å². The summed E-state index contributed by atoms with van der Waals surface area (Å²) in [5.74, 6) is -0.619. The predicted molar refractivity (Wildman–Crippen MR) is 121 cm³/mol. The molecule has 0 spiro atoms. The molecule has 3 heterocycles. The fourth-order valence-electron chi connectivity index (χ4n) is 3.47. The zero-order valence-electron chi connectivity index (χ0n) is 18.0. The Morgan fingerprint density at radius 2 is 1.90 bits per heavy atom. The van der Waals surface area contributed by atoms with E-state index < -0.39 is 11.9 Å². The van der Waals surface area contributed by atoms with Crippen LogP contribution in [0.3, 0.4) is 0 Å². The van der Waals surface area contributed by atoms with Gasteiger partial charge in [-0.1, -0.05) is 13.8 Å². The molecule has 0 unspecified atom stereocenters. The van der Waals surface area contributed by atoms with Crippen molar-refractivity contribution in [3.05, 3.63) is 34.5 Å². The lowest BCUT2D eigenvalue weighted by molar-refractivity contribution is -0.113. The first-order valence-corrected chi connectivity index (χ1v) is 11.7. The maximum Gasteiger partial charge on any atom is 0.415 e. The predicted octanol–water partition coefficient (Wildman–Crippen LogP) is 4.41. The number of likely N-dealkylation sites (tertiary alicyclic amines) is 1. The Morgan fingerprint density at radius 3 is 2.61 bits per heavy atom. The van der Waals surface area contributed by atoms with Gasteiger partial charge in [-0.25, -0.2) is 14.6 Å². The Hall–Kier alpha value is -2.39. The minimum Gasteiger partial charge on any atom is -0.410 e. The van der Waals surface area contributed by atoms with Crippen LogP contribution in [0.1, 0.15) is 51.5 Å². The second-order valence-corrected chi connectivity index (χ2v) is 8.18. The molecule has 1 aromatic carbocycles. The summed E-state index contributed by atoms with van der Waals surface area (Å²) in [6.45, 7) is 6.94. The van der Waals surface area contributed by atoms with Crippen molar-refractivity contribution in [1.29, 1.82) is 0 Å². The number of hydrogen-bond donors (Lipinski definition) is 1. The van der Waals surface area contributed by atoms with Crippen LogP contribution in [0.5, 0.6) is 5.75 Å². The van der Waals surface area contributed by atoms with Crippen LogP contribution in [0.4, 0.5) is 9.18 Å². The van der Waals surface area contributed by atoms with Crippen LogP contribution in [-0.4, -0.2) is 53.3 Å². The Kier molecular flexibility index (Phi) is 8.48. The Morgan fingerprint density at radius 1 is 1.16 bits per heavy atom. The minimum atomic E-state index is -0.469. The van der Waals surface area contributed by atoms with Crippen molar-refractivity contribution >= 4 is 35.0 Å². The number of benzene rings is 1. The van der Waals surface area contributed by atoms with Gasteiger partial charge in [0.1, 0.15) is 11.6 Å². The molecule has 1 N–H and O–H groups in total. The molecule has 2 fully saturated rings. The number of hydrogen-bond acceptors (Lipinski definition) is 6. The van der Waals surface area contributed by atoms with Crippen LogP contribution in [0.25, 0.3) is 6.08 Å². The van der Waals surface area contributed by atoms with Crippen LogP contribution in [0.2, 0.25) is 0 Å². The highest BCUT2D eigenvalue weighted by Crippen LogP contribution is 2.33. The summed E-state index contributed by atoms with van der Waals surface area (Å²) in [5.41, 5.74) is 3.56. The number of ether oxygens (including phenoxy) is 1. The van der Waals surface area contributed by atoms with E-state index in [0.717, 1.165) is 45.2 Å². The van der Waals surface area contributed by atoms with Crippen LogP contribution in [0.15, 0.2) is 28.1 Å². The van der Waals surface area contributed by atoms with E-state index in [0.29, 0.717) is 28.7 Å². The summed E-state index contributed by atoms with van der Waals surface area (Å²) >= 11 is 1.23. The minimum absolute atomic E-state index is 0.229. The summed E-state index contributed by atoms with van der Waals surface area (Å²) < 4.78 is 19.4. The normalized spacial score (nSPS) is 20.3. The molecule has 1 aromatic rings. The van der Waals surface area contributed by atoms with Crippen molar-refractivity contribution < 1.29 is 18.7 Å². The fourth-order valence-corrected chi connectivity index (χ4v) is 4.38. The van der Waals surface area contributed by atoms with Gasteiger partial charge in [-0.05, 0) is 68.1 Å². The smallest absolute Gasteiger partial charge is 0.410 e. The van der Waals surface area contributed by atoms with Crippen LogP contribution >= 0.6 is 11.8 Å². The van der Waals surface area contributed by atoms with E-state index in [2.05, 4.69) is 10.4 Å². The fraction of sp³-hybridized carbons (Fsp3) is 0.500. The van der Waals surface area contributed by atoms with E-state index in [1.807, 2.05) is 18.9 Å². The molecule has 2 amide bonds. The molecular weight excluding hydrogens is 419 g/mol. The zero-order valence-corrected chi connectivity index (χ0v) is 18.8. The summed E-state index contributed by atoms with van der Waals surface area (Å²) in [4.78, 5) is 30.9. The van der Waals surface area contributed by atoms with E-state index in [1.54, 1.807) is 4.90 Å². The number of carbonyl (C=O) groups excluding carboxylic acids is 2. The second kappa shape index (κ2) is 11.3. The molecule has 9 heteroatoms. The van der Waals surface area contributed by atoms with Crippen molar-refractivity contribution in [2.24, 2.45) is 4.99 Å². The summed E-state index contributed by atoms with van der Waals surface area (Å²) in [5, 5.41) is 2.46. The standard InChI is InChI=1S/C20H23FN4O3S.C2H6/c21-15-6-7-16(28-20(27)24-9-3-1-4-10-24)14(12-15)13-17-18(26)23-19(29-17)25-11-5-2-8-22-25;1-2/h6-7,12-13,22H,1-5,8-11H2;1-2H3/b17-13+;. The van der Waals surface area contributed by atoms with Crippen LogP contribution < -0.4 is 10.2 Å². The largest absolute Gasteiger partial charge is 0.415 e. The number of amides is 2. The molecule has 0 atom stereocenters. The first-order chi connectivity index (χ1) is 15.1. The Balaban J connectivity index is 0.00000132. The molecule has 3 aliphatic rings. The van der Waals surface area contributed by atoms with E-state index in [1.165, 1.54) is 36.0 Å².